The molecule has 0 aliphatic rings. The van der Waals surface area contributed by atoms with Gasteiger partial charge in [-0.25, -0.2) is 0 Å². The van der Waals surface area contributed by atoms with Gasteiger partial charge in [-0.3, -0.25) is 0 Å². The number of nitrogens with zero attached hydrogens (tertiary/aromatic N) is 1. The van der Waals surface area contributed by atoms with Crippen LogP contribution >= 0.6 is 0 Å². The Morgan fingerprint density at radius 1 is 1.21 bits per heavy atom. The summed E-state index contributed by atoms with van der Waals surface area (Å²) in [5.41, 5.74) is 6.60. The Kier molecular flexibility index (Phi) is 4.50. The molecule has 3 nitrogen and oxygen atoms in total. The van der Waals surface area contributed by atoms with Gasteiger partial charge < -0.3 is 10.3 Å². The van der Waals surface area contributed by atoms with Crippen molar-refractivity contribution in [2.24, 2.45) is 0 Å². The van der Waals surface area contributed by atoms with Crippen molar-refractivity contribution in [1.29, 1.82) is 0 Å². The van der Waals surface area contributed by atoms with Gasteiger partial charge in [0.05, 0.1) is 0 Å². The number of unbranched alkanes of at least 4 members (excludes halogenated alkanes) is 4. The fraction of sp³-hybridized carbons (Fsp3) is 0.727. The minimum atomic E-state index is 0.536. The first kappa shape index (κ1) is 11.1. The first-order valence-electron chi connectivity index (χ1n) is 5.46. The summed E-state index contributed by atoms with van der Waals surface area (Å²) in [6.45, 7) is 4.19. The molecule has 0 aromatic carbocycles. The average Bonchev–Trinajstić information content (AvgIpc) is 2.49. The lowest BCUT2D eigenvalue weighted by molar-refractivity contribution is 0.380. The molecule has 0 unspecified atom stereocenters. The molecule has 0 aliphatic carbocycles. The van der Waals surface area contributed by atoms with Gasteiger partial charge in [-0.1, -0.05) is 37.8 Å². The third-order valence-electron chi connectivity index (χ3n) is 2.56. The van der Waals surface area contributed by atoms with E-state index in [4.69, 9.17) is 10.3 Å². The minimum Gasteiger partial charge on any atom is -0.381 e. The smallest absolute Gasteiger partial charge is 0.169 e. The second-order valence-electron chi connectivity index (χ2n) is 3.78. The molecule has 80 valence electrons. The Bertz CT molecular complexity index is 268. The first-order valence-corrected chi connectivity index (χ1v) is 5.46. The fourth-order valence-corrected chi connectivity index (χ4v) is 1.51. The van der Waals surface area contributed by atoms with E-state index < -0.39 is 0 Å². The van der Waals surface area contributed by atoms with Crippen molar-refractivity contribution >= 4 is 5.82 Å². The highest BCUT2D eigenvalue weighted by atomic mass is 16.5. The summed E-state index contributed by atoms with van der Waals surface area (Å²) in [6, 6.07) is 0. The van der Waals surface area contributed by atoms with Crippen LogP contribution in [0.25, 0.3) is 0 Å². The quantitative estimate of drug-likeness (QED) is 0.711. The van der Waals surface area contributed by atoms with Crippen LogP contribution in [0.3, 0.4) is 0 Å². The topological polar surface area (TPSA) is 52.0 Å². The molecule has 1 aromatic rings. The summed E-state index contributed by atoms with van der Waals surface area (Å²) in [7, 11) is 0. The van der Waals surface area contributed by atoms with Gasteiger partial charge in [-0.15, -0.1) is 0 Å². The van der Waals surface area contributed by atoms with Gasteiger partial charge >= 0.3 is 0 Å². The number of aromatic nitrogens is 1. The van der Waals surface area contributed by atoms with Crippen molar-refractivity contribution in [1.82, 2.24) is 5.16 Å². The Labute approximate surface area is 85.7 Å². The number of hydrogen-bond donors (Lipinski definition) is 1. The number of nitrogen functional groups attached to an aromatic ring is 1. The van der Waals surface area contributed by atoms with E-state index in [9.17, 15) is 0 Å². The van der Waals surface area contributed by atoms with Gasteiger partial charge in [0, 0.05) is 12.0 Å². The molecule has 14 heavy (non-hydrogen) atoms. The Morgan fingerprint density at radius 3 is 2.50 bits per heavy atom. The van der Waals surface area contributed by atoms with E-state index in [1.807, 2.05) is 6.92 Å². The van der Waals surface area contributed by atoms with E-state index in [0.29, 0.717) is 5.82 Å². The zero-order chi connectivity index (χ0) is 10.4. The molecule has 0 saturated heterocycles. The summed E-state index contributed by atoms with van der Waals surface area (Å²) >= 11 is 0. The second kappa shape index (κ2) is 5.68. The average molecular weight is 196 g/mol. The SMILES string of the molecule is CCCCCCCc1onc(N)c1C. The van der Waals surface area contributed by atoms with E-state index in [1.54, 1.807) is 0 Å². The lowest BCUT2D eigenvalue weighted by atomic mass is 10.1. The molecule has 0 aliphatic heterocycles. The molecule has 0 bridgehead atoms. The van der Waals surface area contributed by atoms with Crippen molar-refractivity contribution in [3.05, 3.63) is 11.3 Å². The fourth-order valence-electron chi connectivity index (χ4n) is 1.51. The van der Waals surface area contributed by atoms with E-state index in [0.717, 1.165) is 17.7 Å². The van der Waals surface area contributed by atoms with Crippen LogP contribution < -0.4 is 5.73 Å². The molecular weight excluding hydrogens is 176 g/mol. The molecule has 2 N–H and O–H groups in total. The standard InChI is InChI=1S/C11H20N2O/c1-3-4-5-6-7-8-10-9(2)11(12)13-14-10/h3-8H2,1-2H3,(H2,12,13). The molecule has 0 atom stereocenters. The van der Waals surface area contributed by atoms with Gasteiger partial charge in [0.15, 0.2) is 5.82 Å². The van der Waals surface area contributed by atoms with E-state index in [2.05, 4.69) is 12.1 Å². The van der Waals surface area contributed by atoms with Gasteiger partial charge in [0.25, 0.3) is 0 Å². The van der Waals surface area contributed by atoms with E-state index in [1.165, 1.54) is 32.1 Å². The van der Waals surface area contributed by atoms with Crippen LogP contribution in [-0.4, -0.2) is 5.16 Å². The van der Waals surface area contributed by atoms with Crippen molar-refractivity contribution < 1.29 is 4.52 Å². The van der Waals surface area contributed by atoms with Crippen LogP contribution in [0, 0.1) is 6.92 Å². The summed E-state index contributed by atoms with van der Waals surface area (Å²) in [5, 5.41) is 3.73. The number of nitrogens with two attached hydrogens (primary N) is 1. The molecule has 1 heterocycles. The molecule has 0 saturated carbocycles. The van der Waals surface area contributed by atoms with Crippen molar-refractivity contribution in [3.63, 3.8) is 0 Å². The van der Waals surface area contributed by atoms with Crippen LogP contribution in [-0.2, 0) is 6.42 Å². The highest BCUT2D eigenvalue weighted by Gasteiger charge is 2.07. The van der Waals surface area contributed by atoms with Crippen molar-refractivity contribution in [2.45, 2.75) is 52.4 Å². The largest absolute Gasteiger partial charge is 0.381 e. The van der Waals surface area contributed by atoms with Gasteiger partial charge in [0.1, 0.15) is 5.76 Å². The minimum absolute atomic E-state index is 0.536. The van der Waals surface area contributed by atoms with Crippen LogP contribution in [0.1, 0.15) is 50.4 Å². The number of rotatable bonds is 6. The van der Waals surface area contributed by atoms with E-state index in [-0.39, 0.29) is 0 Å². The number of hydrogen-bond acceptors (Lipinski definition) is 3. The molecule has 1 aromatic heterocycles. The third-order valence-corrected chi connectivity index (χ3v) is 2.56. The van der Waals surface area contributed by atoms with Gasteiger partial charge in [0.2, 0.25) is 0 Å². The molecule has 0 amide bonds. The second-order valence-corrected chi connectivity index (χ2v) is 3.78. The van der Waals surface area contributed by atoms with Gasteiger partial charge in [-0.05, 0) is 13.3 Å². The Balaban J connectivity index is 2.21. The third kappa shape index (κ3) is 3.05. The zero-order valence-corrected chi connectivity index (χ0v) is 9.18. The molecule has 0 radical (unpaired) electrons. The summed E-state index contributed by atoms with van der Waals surface area (Å²) in [4.78, 5) is 0. The lowest BCUT2D eigenvalue weighted by Crippen LogP contribution is -1.89. The van der Waals surface area contributed by atoms with Gasteiger partial charge in [-0.2, -0.15) is 0 Å². The van der Waals surface area contributed by atoms with Crippen LogP contribution in [0.4, 0.5) is 5.82 Å². The van der Waals surface area contributed by atoms with Crippen molar-refractivity contribution in [3.8, 4) is 0 Å². The maximum Gasteiger partial charge on any atom is 0.169 e. The maximum absolute atomic E-state index is 5.59. The molecular formula is C11H20N2O. The van der Waals surface area contributed by atoms with E-state index >= 15 is 0 Å². The molecule has 3 heteroatoms. The molecule has 1 rings (SSSR count). The maximum atomic E-state index is 5.59. The highest BCUT2D eigenvalue weighted by molar-refractivity contribution is 5.38. The predicted octanol–water partition coefficient (Wildman–Crippen LogP) is 3.08. The monoisotopic (exact) mass is 196 g/mol. The van der Waals surface area contributed by atoms with Crippen LogP contribution in [0.2, 0.25) is 0 Å². The number of anilines is 1. The number of aryl methyl sites for hydroxylation is 1. The lowest BCUT2D eigenvalue weighted by Gasteiger charge is -1.98. The zero-order valence-electron chi connectivity index (χ0n) is 9.18. The normalized spacial score (nSPS) is 10.7. The van der Waals surface area contributed by atoms with Crippen molar-refractivity contribution in [2.75, 3.05) is 5.73 Å². The summed E-state index contributed by atoms with van der Waals surface area (Å²) in [5.74, 6) is 1.49. The van der Waals surface area contributed by atoms with Crippen LogP contribution in [0.5, 0.6) is 0 Å². The Morgan fingerprint density at radius 2 is 1.93 bits per heavy atom. The molecule has 0 spiro atoms. The van der Waals surface area contributed by atoms with Crippen LogP contribution in [0.15, 0.2) is 4.52 Å². The first-order chi connectivity index (χ1) is 6.75. The predicted molar refractivity (Wildman–Crippen MR) is 58.1 cm³/mol. The highest BCUT2D eigenvalue weighted by Crippen LogP contribution is 2.17. The summed E-state index contributed by atoms with van der Waals surface area (Å²) in [6.07, 6.45) is 7.36. The Hall–Kier alpha value is -0.990. The summed E-state index contributed by atoms with van der Waals surface area (Å²) < 4.78 is 5.13. The molecule has 0 fully saturated rings.